The van der Waals surface area contributed by atoms with Crippen LogP contribution in [0.5, 0.6) is 0 Å². The molecule has 0 saturated carbocycles. The molecule has 2 aromatic rings. The van der Waals surface area contributed by atoms with Crippen LogP contribution < -0.4 is 15.5 Å². The normalized spacial score (nSPS) is 15.6. The van der Waals surface area contributed by atoms with E-state index in [1.165, 1.54) is 0 Å². The van der Waals surface area contributed by atoms with Crippen molar-refractivity contribution in [3.63, 3.8) is 0 Å². The van der Waals surface area contributed by atoms with Crippen LogP contribution in [0.1, 0.15) is 31.0 Å². The fourth-order valence-electron chi connectivity index (χ4n) is 3.26. The summed E-state index contributed by atoms with van der Waals surface area (Å²) in [6.45, 7) is 4.17. The first-order chi connectivity index (χ1) is 13.0. The number of hydrogen-bond acceptors (Lipinski definition) is 3. The summed E-state index contributed by atoms with van der Waals surface area (Å²) in [6, 6.07) is 16.1. The molecule has 2 N–H and O–H groups in total. The lowest BCUT2D eigenvalue weighted by Crippen LogP contribution is -2.45. The Bertz CT molecular complexity index is 849. The van der Waals surface area contributed by atoms with Gasteiger partial charge in [-0.3, -0.25) is 14.4 Å². The Hall–Kier alpha value is -3.15. The second-order valence-electron chi connectivity index (χ2n) is 6.76. The van der Waals surface area contributed by atoms with Crippen molar-refractivity contribution in [2.75, 3.05) is 11.4 Å². The first-order valence-electron chi connectivity index (χ1n) is 9.03. The minimum atomic E-state index is -0.837. The first kappa shape index (κ1) is 18.6. The molecule has 0 saturated heterocycles. The van der Waals surface area contributed by atoms with E-state index in [1.807, 2.05) is 62.4 Å². The van der Waals surface area contributed by atoms with E-state index in [2.05, 4.69) is 10.6 Å². The van der Waals surface area contributed by atoms with E-state index in [9.17, 15) is 14.4 Å². The van der Waals surface area contributed by atoms with Gasteiger partial charge in [0, 0.05) is 23.8 Å². The zero-order chi connectivity index (χ0) is 19.4. The Balaban J connectivity index is 1.61. The Kier molecular flexibility index (Phi) is 5.54. The number of carbonyl (C=O) groups is 3. The maximum Gasteiger partial charge on any atom is 0.310 e. The summed E-state index contributed by atoms with van der Waals surface area (Å²) in [5.41, 5.74) is 2.56. The number of benzene rings is 2. The van der Waals surface area contributed by atoms with Gasteiger partial charge in [-0.15, -0.1) is 0 Å². The molecule has 27 heavy (non-hydrogen) atoms. The lowest BCUT2D eigenvalue weighted by Gasteiger charge is -2.22. The van der Waals surface area contributed by atoms with E-state index in [4.69, 9.17) is 0 Å². The zero-order valence-corrected chi connectivity index (χ0v) is 15.4. The summed E-state index contributed by atoms with van der Waals surface area (Å²) >= 11 is 0. The van der Waals surface area contributed by atoms with Gasteiger partial charge >= 0.3 is 11.8 Å². The van der Waals surface area contributed by atoms with Crippen LogP contribution >= 0.6 is 0 Å². The second kappa shape index (κ2) is 8.03. The fourth-order valence-corrected chi connectivity index (χ4v) is 3.26. The summed E-state index contributed by atoms with van der Waals surface area (Å²) in [6.07, 6.45) is 0.631. The standard InChI is InChI=1S/C21H23N3O3/c1-14(2)24-17-11-7-6-10-16(17)18(21(24)27)23-20(26)19(25)22-13-12-15-8-4-3-5-9-15/h3-11,14,18H,12-13H2,1-2H3,(H,22,25)(H,23,26)/t18-/m0/s1. The molecule has 1 aliphatic heterocycles. The fraction of sp³-hybridized carbons (Fsp3) is 0.286. The van der Waals surface area contributed by atoms with Gasteiger partial charge in [0.25, 0.3) is 5.91 Å². The summed E-state index contributed by atoms with van der Waals surface area (Å²) in [5.74, 6) is -1.77. The predicted molar refractivity (Wildman–Crippen MR) is 103 cm³/mol. The molecule has 1 atom stereocenters. The number of hydrogen-bond donors (Lipinski definition) is 2. The number of anilines is 1. The van der Waals surface area contributed by atoms with Crippen molar-refractivity contribution in [3.8, 4) is 0 Å². The molecule has 0 aromatic heterocycles. The summed E-state index contributed by atoms with van der Waals surface area (Å²) in [4.78, 5) is 38.8. The van der Waals surface area contributed by atoms with Crippen LogP contribution in [0.15, 0.2) is 54.6 Å². The van der Waals surface area contributed by atoms with Crippen molar-refractivity contribution in [1.82, 2.24) is 10.6 Å². The Morgan fingerprint density at radius 2 is 1.67 bits per heavy atom. The minimum absolute atomic E-state index is 0.0414. The molecule has 6 heteroatoms. The van der Waals surface area contributed by atoms with Gasteiger partial charge in [0.1, 0.15) is 6.04 Å². The lowest BCUT2D eigenvalue weighted by atomic mass is 10.1. The van der Waals surface area contributed by atoms with Crippen LogP contribution in [0.25, 0.3) is 0 Å². The predicted octanol–water partition coefficient (Wildman–Crippen LogP) is 1.96. The monoisotopic (exact) mass is 365 g/mol. The maximum absolute atomic E-state index is 12.7. The molecule has 6 nitrogen and oxygen atoms in total. The molecule has 0 fully saturated rings. The molecule has 140 valence electrons. The average molecular weight is 365 g/mol. The highest BCUT2D eigenvalue weighted by Crippen LogP contribution is 2.36. The third-order valence-corrected chi connectivity index (χ3v) is 4.53. The van der Waals surface area contributed by atoms with Crippen molar-refractivity contribution < 1.29 is 14.4 Å². The number of fused-ring (bicyclic) bond motifs is 1. The van der Waals surface area contributed by atoms with Crippen LogP contribution in [-0.4, -0.2) is 30.3 Å². The number of nitrogens with zero attached hydrogens (tertiary/aromatic N) is 1. The zero-order valence-electron chi connectivity index (χ0n) is 15.4. The Labute approximate surface area is 158 Å². The van der Waals surface area contributed by atoms with Crippen LogP contribution in [0.2, 0.25) is 0 Å². The molecule has 1 heterocycles. The van der Waals surface area contributed by atoms with Gasteiger partial charge in [0.05, 0.1) is 0 Å². The Morgan fingerprint density at radius 3 is 2.37 bits per heavy atom. The minimum Gasteiger partial charge on any atom is -0.348 e. The van der Waals surface area contributed by atoms with Crippen LogP contribution in [0, 0.1) is 0 Å². The molecular weight excluding hydrogens is 342 g/mol. The van der Waals surface area contributed by atoms with Crippen molar-refractivity contribution in [1.29, 1.82) is 0 Å². The smallest absolute Gasteiger partial charge is 0.310 e. The summed E-state index contributed by atoms with van der Waals surface area (Å²) < 4.78 is 0. The highest BCUT2D eigenvalue weighted by atomic mass is 16.2. The highest BCUT2D eigenvalue weighted by molar-refractivity contribution is 6.35. The largest absolute Gasteiger partial charge is 0.348 e. The molecule has 0 unspecified atom stereocenters. The second-order valence-corrected chi connectivity index (χ2v) is 6.76. The maximum atomic E-state index is 12.7. The molecular formula is C21H23N3O3. The van der Waals surface area contributed by atoms with E-state index < -0.39 is 17.9 Å². The molecule has 0 radical (unpaired) electrons. The van der Waals surface area contributed by atoms with E-state index >= 15 is 0 Å². The summed E-state index contributed by atoms with van der Waals surface area (Å²) in [5, 5.41) is 5.18. The topological polar surface area (TPSA) is 78.5 Å². The highest BCUT2D eigenvalue weighted by Gasteiger charge is 2.39. The van der Waals surface area contributed by atoms with E-state index in [-0.39, 0.29) is 11.9 Å². The van der Waals surface area contributed by atoms with Gasteiger partial charge in [0.15, 0.2) is 0 Å². The quantitative estimate of drug-likeness (QED) is 0.795. The van der Waals surface area contributed by atoms with Crippen LogP contribution in [-0.2, 0) is 20.8 Å². The SMILES string of the molecule is CC(C)N1C(=O)[C@@H](NC(=O)C(=O)NCCc2ccccc2)c2ccccc21. The van der Waals surface area contributed by atoms with Gasteiger partial charge in [0.2, 0.25) is 0 Å². The Morgan fingerprint density at radius 1 is 1.00 bits per heavy atom. The number of rotatable bonds is 5. The number of nitrogens with one attached hydrogen (secondary N) is 2. The van der Waals surface area contributed by atoms with Gasteiger partial charge in [-0.2, -0.15) is 0 Å². The van der Waals surface area contributed by atoms with Crippen molar-refractivity contribution >= 4 is 23.4 Å². The third kappa shape index (κ3) is 4.00. The van der Waals surface area contributed by atoms with Crippen LogP contribution in [0.4, 0.5) is 5.69 Å². The van der Waals surface area contributed by atoms with Crippen molar-refractivity contribution in [3.05, 3.63) is 65.7 Å². The number of amides is 3. The molecule has 3 amide bonds. The van der Waals surface area contributed by atoms with Gasteiger partial charge < -0.3 is 15.5 Å². The van der Waals surface area contributed by atoms with Gasteiger partial charge in [-0.25, -0.2) is 0 Å². The molecule has 0 bridgehead atoms. The van der Waals surface area contributed by atoms with E-state index in [1.54, 1.807) is 11.0 Å². The molecule has 0 spiro atoms. The van der Waals surface area contributed by atoms with Crippen LogP contribution in [0.3, 0.4) is 0 Å². The van der Waals surface area contributed by atoms with Crippen molar-refractivity contribution in [2.45, 2.75) is 32.4 Å². The molecule has 0 aliphatic carbocycles. The molecule has 2 aromatic carbocycles. The lowest BCUT2D eigenvalue weighted by molar-refractivity contribution is -0.140. The third-order valence-electron chi connectivity index (χ3n) is 4.53. The average Bonchev–Trinajstić information content (AvgIpc) is 2.94. The molecule has 3 rings (SSSR count). The van der Waals surface area contributed by atoms with E-state index in [0.29, 0.717) is 18.5 Å². The number of carbonyl (C=O) groups excluding carboxylic acids is 3. The van der Waals surface area contributed by atoms with Gasteiger partial charge in [-0.1, -0.05) is 48.5 Å². The van der Waals surface area contributed by atoms with E-state index in [0.717, 1.165) is 11.3 Å². The number of para-hydroxylation sites is 1. The first-order valence-corrected chi connectivity index (χ1v) is 9.03. The van der Waals surface area contributed by atoms with Crippen molar-refractivity contribution in [2.24, 2.45) is 0 Å². The molecule has 1 aliphatic rings. The van der Waals surface area contributed by atoms with Gasteiger partial charge in [-0.05, 0) is 31.9 Å². The summed E-state index contributed by atoms with van der Waals surface area (Å²) in [7, 11) is 0.